The molecule has 0 aliphatic carbocycles. The normalized spacial score (nSPS) is 12.0. The third-order valence-electron chi connectivity index (χ3n) is 1.46. The van der Waals surface area contributed by atoms with Crippen molar-refractivity contribution in [2.24, 2.45) is 0 Å². The molecule has 0 rings (SSSR count). The lowest BCUT2D eigenvalue weighted by Crippen LogP contribution is -2.16. The van der Waals surface area contributed by atoms with Gasteiger partial charge in [0.1, 0.15) is 0 Å². The van der Waals surface area contributed by atoms with Crippen LogP contribution in [0.1, 0.15) is 20.3 Å². The zero-order chi connectivity index (χ0) is 7.33. The molecule has 1 nitrogen and oxygen atoms in total. The van der Waals surface area contributed by atoms with E-state index in [0.717, 1.165) is 13.0 Å². The van der Waals surface area contributed by atoms with Crippen molar-refractivity contribution in [1.29, 1.82) is 0 Å². The third-order valence-corrected chi connectivity index (χ3v) is 2.77. The van der Waals surface area contributed by atoms with Crippen molar-refractivity contribution in [2.45, 2.75) is 25.0 Å². The molecule has 2 heteroatoms. The Labute approximate surface area is 62.2 Å². The van der Waals surface area contributed by atoms with Gasteiger partial charge in [-0.2, -0.15) is 11.8 Å². The van der Waals surface area contributed by atoms with E-state index < -0.39 is 0 Å². The minimum absolute atomic E-state index is 0.385. The highest BCUT2D eigenvalue weighted by Gasteiger charge is 2.14. The summed E-state index contributed by atoms with van der Waals surface area (Å²) in [5, 5.41) is 0. The van der Waals surface area contributed by atoms with Crippen LogP contribution in [0.2, 0.25) is 0 Å². The number of ether oxygens (including phenoxy) is 1. The molecule has 0 saturated heterocycles. The molecule has 0 aromatic rings. The number of hydrogen-bond acceptors (Lipinski definition) is 2. The first-order valence-corrected chi connectivity index (χ1v) is 4.39. The largest absolute Gasteiger partial charge is 0.385 e. The lowest BCUT2D eigenvalue weighted by molar-refractivity contribution is 0.187. The van der Waals surface area contributed by atoms with Gasteiger partial charge in [0.15, 0.2) is 0 Å². The molecular weight excluding hydrogens is 132 g/mol. The predicted octanol–water partition coefficient (Wildman–Crippen LogP) is 2.16. The minimum atomic E-state index is 0.385. The van der Waals surface area contributed by atoms with E-state index in [-0.39, 0.29) is 0 Å². The van der Waals surface area contributed by atoms with Gasteiger partial charge in [0.05, 0.1) is 0 Å². The first kappa shape index (κ1) is 9.31. The maximum atomic E-state index is 4.97. The summed E-state index contributed by atoms with van der Waals surface area (Å²) in [5.74, 6) is 0. The third kappa shape index (κ3) is 4.79. The van der Waals surface area contributed by atoms with Gasteiger partial charge >= 0.3 is 0 Å². The summed E-state index contributed by atoms with van der Waals surface area (Å²) in [5.41, 5.74) is 0. The zero-order valence-electron chi connectivity index (χ0n) is 6.73. The average Bonchev–Trinajstić information content (AvgIpc) is 1.84. The minimum Gasteiger partial charge on any atom is -0.385 e. The Morgan fingerprint density at radius 1 is 1.44 bits per heavy atom. The predicted molar refractivity (Wildman–Crippen MR) is 44.1 cm³/mol. The molecule has 0 spiro atoms. The van der Waals surface area contributed by atoms with E-state index in [2.05, 4.69) is 20.1 Å². The Morgan fingerprint density at radius 3 is 2.33 bits per heavy atom. The van der Waals surface area contributed by atoms with Gasteiger partial charge in [-0.25, -0.2) is 0 Å². The van der Waals surface area contributed by atoms with E-state index in [1.807, 2.05) is 11.8 Å². The molecule has 56 valence electrons. The van der Waals surface area contributed by atoms with Crippen molar-refractivity contribution in [2.75, 3.05) is 20.0 Å². The summed E-state index contributed by atoms with van der Waals surface area (Å²) in [6.07, 6.45) is 3.26. The maximum absolute atomic E-state index is 4.97. The molecule has 0 fully saturated rings. The van der Waals surface area contributed by atoms with Gasteiger partial charge in [-0.1, -0.05) is 13.8 Å². The van der Waals surface area contributed by atoms with E-state index in [0.29, 0.717) is 4.75 Å². The Bertz CT molecular complexity index is 71.3. The lowest BCUT2D eigenvalue weighted by atomic mass is 10.1. The number of rotatable bonds is 4. The molecule has 0 amide bonds. The highest BCUT2D eigenvalue weighted by atomic mass is 32.2. The van der Waals surface area contributed by atoms with Crippen LogP contribution in [0.15, 0.2) is 0 Å². The van der Waals surface area contributed by atoms with E-state index in [4.69, 9.17) is 4.74 Å². The second-order valence-corrected chi connectivity index (χ2v) is 4.22. The summed E-state index contributed by atoms with van der Waals surface area (Å²) in [6.45, 7) is 5.33. The first-order chi connectivity index (χ1) is 4.12. The van der Waals surface area contributed by atoms with Crippen LogP contribution < -0.4 is 0 Å². The molecular formula is C7H16OS. The van der Waals surface area contributed by atoms with Gasteiger partial charge in [-0.15, -0.1) is 0 Å². The number of hydrogen-bond donors (Lipinski definition) is 0. The van der Waals surface area contributed by atoms with E-state index >= 15 is 0 Å². The van der Waals surface area contributed by atoms with Crippen LogP contribution in [0.5, 0.6) is 0 Å². The van der Waals surface area contributed by atoms with Crippen LogP contribution >= 0.6 is 11.8 Å². The van der Waals surface area contributed by atoms with Crippen molar-refractivity contribution in [3.05, 3.63) is 0 Å². The fourth-order valence-corrected chi connectivity index (χ4v) is 0.737. The summed E-state index contributed by atoms with van der Waals surface area (Å²) in [6, 6.07) is 0. The summed E-state index contributed by atoms with van der Waals surface area (Å²) in [4.78, 5) is 0. The van der Waals surface area contributed by atoms with Gasteiger partial charge in [0.2, 0.25) is 0 Å². The molecule has 0 saturated carbocycles. The molecule has 0 aliphatic heterocycles. The standard InChI is InChI=1S/C7H16OS/c1-7(2,9-4)5-6-8-3/h5-6H2,1-4H3. The summed E-state index contributed by atoms with van der Waals surface area (Å²) < 4.78 is 5.35. The molecule has 0 N–H and O–H groups in total. The van der Waals surface area contributed by atoms with Crippen molar-refractivity contribution >= 4 is 11.8 Å². The SMILES string of the molecule is COCCC(C)(C)SC. The second-order valence-electron chi connectivity index (χ2n) is 2.71. The molecule has 0 atom stereocenters. The van der Waals surface area contributed by atoms with Gasteiger partial charge in [-0.05, 0) is 12.7 Å². The van der Waals surface area contributed by atoms with Crippen LogP contribution in [0.4, 0.5) is 0 Å². The molecule has 0 heterocycles. The smallest absolute Gasteiger partial charge is 0.0475 e. The van der Waals surface area contributed by atoms with Crippen LogP contribution in [0, 0.1) is 0 Å². The molecule has 0 bridgehead atoms. The first-order valence-electron chi connectivity index (χ1n) is 3.16. The van der Waals surface area contributed by atoms with Crippen LogP contribution in [-0.4, -0.2) is 24.7 Å². The van der Waals surface area contributed by atoms with Gasteiger partial charge in [-0.3, -0.25) is 0 Å². The van der Waals surface area contributed by atoms with Crippen molar-refractivity contribution in [3.63, 3.8) is 0 Å². The quantitative estimate of drug-likeness (QED) is 0.604. The topological polar surface area (TPSA) is 9.23 Å². The molecule has 0 aliphatic rings. The Morgan fingerprint density at radius 2 is 2.00 bits per heavy atom. The molecule has 9 heavy (non-hydrogen) atoms. The highest BCUT2D eigenvalue weighted by molar-refractivity contribution is 7.99. The zero-order valence-corrected chi connectivity index (χ0v) is 7.55. The maximum Gasteiger partial charge on any atom is 0.0475 e. The Balaban J connectivity index is 3.33. The second kappa shape index (κ2) is 4.18. The van der Waals surface area contributed by atoms with Crippen LogP contribution in [0.25, 0.3) is 0 Å². The van der Waals surface area contributed by atoms with Crippen LogP contribution in [0.3, 0.4) is 0 Å². The van der Waals surface area contributed by atoms with Crippen molar-refractivity contribution < 1.29 is 4.74 Å². The fraction of sp³-hybridized carbons (Fsp3) is 1.00. The van der Waals surface area contributed by atoms with Gasteiger partial charge < -0.3 is 4.74 Å². The molecule has 0 aromatic heterocycles. The van der Waals surface area contributed by atoms with E-state index in [1.165, 1.54) is 0 Å². The van der Waals surface area contributed by atoms with Crippen molar-refractivity contribution in [3.8, 4) is 0 Å². The van der Waals surface area contributed by atoms with Crippen molar-refractivity contribution in [1.82, 2.24) is 0 Å². The Kier molecular flexibility index (Phi) is 4.32. The highest BCUT2D eigenvalue weighted by Crippen LogP contribution is 2.24. The Hall–Kier alpha value is 0.310. The van der Waals surface area contributed by atoms with Gasteiger partial charge in [0.25, 0.3) is 0 Å². The number of methoxy groups -OCH3 is 1. The molecule has 0 radical (unpaired) electrons. The summed E-state index contributed by atoms with van der Waals surface area (Å²) >= 11 is 1.89. The number of thioether (sulfide) groups is 1. The van der Waals surface area contributed by atoms with Crippen LogP contribution in [-0.2, 0) is 4.74 Å². The summed E-state index contributed by atoms with van der Waals surface area (Å²) in [7, 11) is 1.75. The van der Waals surface area contributed by atoms with E-state index in [9.17, 15) is 0 Å². The van der Waals surface area contributed by atoms with E-state index in [1.54, 1.807) is 7.11 Å². The molecule has 0 aromatic carbocycles. The lowest BCUT2D eigenvalue weighted by Gasteiger charge is -2.20. The monoisotopic (exact) mass is 148 g/mol. The molecule has 0 unspecified atom stereocenters. The average molecular weight is 148 g/mol. The fourth-order valence-electron chi connectivity index (χ4n) is 0.450. The van der Waals surface area contributed by atoms with Gasteiger partial charge in [0, 0.05) is 18.5 Å².